The summed E-state index contributed by atoms with van der Waals surface area (Å²) in [5.41, 5.74) is 0. The Hall–Kier alpha value is -2.39. The van der Waals surface area contributed by atoms with Crippen molar-refractivity contribution in [1.82, 2.24) is 0 Å². The fourth-order valence-corrected chi connectivity index (χ4v) is 7.14. The standard InChI is InChI=1S/C45H78O12S/c1-3-5-7-9-11-13-15-17-19-21-23-25-27-29-31-33-40(46)54-35-38(36-55-45-44(50)43(49)42(48)39(57-45)37-58(51,52)53)56-41(47)34-32-30-28-26-24-22-20-18-16-14-12-10-8-6-4-2/h6,8,12-15,18,20,38-39,42-45,48-50H,3-5,7,9-11,16-17,19,21-37H2,1-2H3,(H,51,52,53)/b8-6+,14-12+,15-13+,20-18+/t38-,39-,42-,43?,44?,45+/m1/s1. The monoisotopic (exact) mass is 843 g/mol. The number of hydrogen-bond acceptors (Lipinski definition) is 11. The molecule has 0 aliphatic carbocycles. The van der Waals surface area contributed by atoms with Gasteiger partial charge in [-0.3, -0.25) is 14.1 Å². The van der Waals surface area contributed by atoms with E-state index < -0.39 is 71.2 Å². The molecule has 2 unspecified atom stereocenters. The molecule has 58 heavy (non-hydrogen) atoms. The molecular weight excluding hydrogens is 765 g/mol. The first kappa shape index (κ1) is 53.6. The number of unbranched alkanes of at least 4 members (excludes halogenated alkanes) is 16. The van der Waals surface area contributed by atoms with E-state index in [9.17, 15) is 37.9 Å². The fourth-order valence-electron chi connectivity index (χ4n) is 6.45. The maximum atomic E-state index is 12.8. The Morgan fingerprint density at radius 2 is 1.09 bits per heavy atom. The average Bonchev–Trinajstić information content (AvgIpc) is 3.18. The molecule has 0 aromatic carbocycles. The van der Waals surface area contributed by atoms with Gasteiger partial charge in [0, 0.05) is 12.8 Å². The van der Waals surface area contributed by atoms with Gasteiger partial charge in [-0.05, 0) is 70.6 Å². The van der Waals surface area contributed by atoms with Crippen LogP contribution < -0.4 is 0 Å². The predicted molar refractivity (Wildman–Crippen MR) is 229 cm³/mol. The van der Waals surface area contributed by atoms with E-state index in [1.54, 1.807) is 0 Å². The number of carbonyl (C=O) groups is 2. The van der Waals surface area contributed by atoms with Crippen molar-refractivity contribution in [2.75, 3.05) is 19.0 Å². The highest BCUT2D eigenvalue weighted by Gasteiger charge is 2.46. The van der Waals surface area contributed by atoms with Crippen LogP contribution in [0.15, 0.2) is 48.6 Å². The highest BCUT2D eigenvalue weighted by molar-refractivity contribution is 7.85. The van der Waals surface area contributed by atoms with Gasteiger partial charge in [-0.1, -0.05) is 133 Å². The van der Waals surface area contributed by atoms with Crippen LogP contribution in [-0.2, 0) is 38.7 Å². The highest BCUT2D eigenvalue weighted by Crippen LogP contribution is 2.24. The summed E-state index contributed by atoms with van der Waals surface area (Å²) in [6.45, 7) is 3.61. The Morgan fingerprint density at radius 3 is 1.64 bits per heavy atom. The molecule has 1 rings (SSSR count). The predicted octanol–water partition coefficient (Wildman–Crippen LogP) is 8.78. The molecule has 1 saturated heterocycles. The average molecular weight is 843 g/mol. The van der Waals surface area contributed by atoms with E-state index >= 15 is 0 Å². The van der Waals surface area contributed by atoms with Crippen LogP contribution in [-0.4, -0.2) is 96.0 Å². The van der Waals surface area contributed by atoms with Crippen LogP contribution in [0.25, 0.3) is 0 Å². The number of ether oxygens (including phenoxy) is 4. The summed E-state index contributed by atoms with van der Waals surface area (Å²) in [6, 6.07) is 0. The van der Waals surface area contributed by atoms with Gasteiger partial charge in [0.25, 0.3) is 10.1 Å². The van der Waals surface area contributed by atoms with Crippen LogP contribution in [0.2, 0.25) is 0 Å². The summed E-state index contributed by atoms with van der Waals surface area (Å²) in [5.74, 6) is -2.01. The van der Waals surface area contributed by atoms with Gasteiger partial charge >= 0.3 is 11.9 Å². The minimum absolute atomic E-state index is 0.143. The lowest BCUT2D eigenvalue weighted by Gasteiger charge is -2.40. The molecular formula is C45H78O12S. The summed E-state index contributed by atoms with van der Waals surface area (Å²) in [5, 5.41) is 30.9. The van der Waals surface area contributed by atoms with Gasteiger partial charge in [0.15, 0.2) is 12.4 Å². The smallest absolute Gasteiger partial charge is 0.306 e. The first-order valence-corrected chi connectivity index (χ1v) is 23.8. The second-order valence-electron chi connectivity index (χ2n) is 15.3. The Bertz CT molecular complexity index is 1260. The van der Waals surface area contributed by atoms with Crippen molar-refractivity contribution in [1.29, 1.82) is 0 Å². The van der Waals surface area contributed by atoms with Gasteiger partial charge in [0.05, 0.1) is 6.61 Å². The van der Waals surface area contributed by atoms with Crippen LogP contribution >= 0.6 is 0 Å². The second-order valence-corrected chi connectivity index (χ2v) is 16.8. The zero-order valence-corrected chi connectivity index (χ0v) is 36.5. The molecule has 13 heteroatoms. The van der Waals surface area contributed by atoms with E-state index in [0.29, 0.717) is 12.8 Å². The van der Waals surface area contributed by atoms with Crippen molar-refractivity contribution in [3.63, 3.8) is 0 Å². The van der Waals surface area contributed by atoms with E-state index in [4.69, 9.17) is 18.9 Å². The van der Waals surface area contributed by atoms with Crippen LogP contribution in [0.4, 0.5) is 0 Å². The van der Waals surface area contributed by atoms with E-state index in [1.165, 1.54) is 51.4 Å². The van der Waals surface area contributed by atoms with Gasteiger partial charge < -0.3 is 34.3 Å². The molecule has 0 aromatic heterocycles. The number of rotatable bonds is 36. The Morgan fingerprint density at radius 1 is 0.603 bits per heavy atom. The molecule has 1 fully saturated rings. The van der Waals surface area contributed by atoms with Gasteiger partial charge in [-0.15, -0.1) is 0 Å². The third-order valence-corrected chi connectivity index (χ3v) is 10.6. The molecule has 1 aliphatic heterocycles. The number of aliphatic hydroxyl groups excluding tert-OH is 3. The maximum Gasteiger partial charge on any atom is 0.306 e. The molecule has 0 bridgehead atoms. The van der Waals surface area contributed by atoms with Gasteiger partial charge in [0.1, 0.15) is 36.8 Å². The van der Waals surface area contributed by atoms with Crippen molar-refractivity contribution in [2.24, 2.45) is 0 Å². The summed E-state index contributed by atoms with van der Waals surface area (Å²) in [7, 11) is -4.60. The molecule has 0 radical (unpaired) electrons. The van der Waals surface area contributed by atoms with E-state index in [1.807, 2.05) is 0 Å². The molecule has 0 amide bonds. The quantitative estimate of drug-likeness (QED) is 0.0204. The minimum Gasteiger partial charge on any atom is -0.462 e. The SMILES string of the molecule is CC/C=C/C/C=C/C/C=C/CCCCCCCC(=O)O[C@H](COC(=O)CCCCCCCCC/C=C/CCCCCC)CO[C@H]1O[C@H](CS(=O)(=O)O)[C@@H](O)C(O)C1O. The number of aliphatic hydroxyl groups is 3. The highest BCUT2D eigenvalue weighted by atomic mass is 32.2. The molecule has 4 N–H and O–H groups in total. The third-order valence-electron chi connectivity index (χ3n) is 9.89. The van der Waals surface area contributed by atoms with E-state index in [-0.39, 0.29) is 19.4 Å². The zero-order chi connectivity index (χ0) is 42.7. The Kier molecular flexibility index (Phi) is 32.7. The number of carbonyl (C=O) groups excluding carboxylic acids is 2. The zero-order valence-electron chi connectivity index (χ0n) is 35.6. The van der Waals surface area contributed by atoms with Gasteiger partial charge in [-0.25, -0.2) is 0 Å². The van der Waals surface area contributed by atoms with Crippen LogP contribution in [0, 0.1) is 0 Å². The molecule has 0 spiro atoms. The van der Waals surface area contributed by atoms with Crippen molar-refractivity contribution < 1.29 is 56.8 Å². The third kappa shape index (κ3) is 29.8. The molecule has 336 valence electrons. The number of esters is 2. The first-order valence-electron chi connectivity index (χ1n) is 22.2. The first-order chi connectivity index (χ1) is 28.0. The normalized spacial score (nSPS) is 20.8. The molecule has 6 atom stereocenters. The largest absolute Gasteiger partial charge is 0.462 e. The van der Waals surface area contributed by atoms with Crippen molar-refractivity contribution in [3.05, 3.63) is 48.6 Å². The van der Waals surface area contributed by atoms with Crippen molar-refractivity contribution in [2.45, 2.75) is 205 Å². The molecule has 1 heterocycles. The maximum absolute atomic E-state index is 12.8. The summed E-state index contributed by atoms with van der Waals surface area (Å²) < 4.78 is 54.0. The van der Waals surface area contributed by atoms with Crippen LogP contribution in [0.3, 0.4) is 0 Å². The van der Waals surface area contributed by atoms with Gasteiger partial charge in [-0.2, -0.15) is 8.42 Å². The lowest BCUT2D eigenvalue weighted by atomic mass is 10.00. The van der Waals surface area contributed by atoms with E-state index in [2.05, 4.69) is 62.5 Å². The van der Waals surface area contributed by atoms with E-state index in [0.717, 1.165) is 77.0 Å². The van der Waals surface area contributed by atoms with Crippen LogP contribution in [0.5, 0.6) is 0 Å². The molecule has 0 aromatic rings. The molecule has 1 aliphatic rings. The lowest BCUT2D eigenvalue weighted by molar-refractivity contribution is -0.297. The van der Waals surface area contributed by atoms with Crippen LogP contribution in [0.1, 0.15) is 168 Å². The Balaban J connectivity index is 2.47. The lowest BCUT2D eigenvalue weighted by Crippen LogP contribution is -2.60. The Labute approximate surface area is 350 Å². The minimum atomic E-state index is -4.60. The number of hydrogen-bond donors (Lipinski definition) is 4. The second kappa shape index (κ2) is 35.4. The topological polar surface area (TPSA) is 186 Å². The van der Waals surface area contributed by atoms with Gasteiger partial charge in [0.2, 0.25) is 0 Å². The molecule has 12 nitrogen and oxygen atoms in total. The van der Waals surface area contributed by atoms with Crippen molar-refractivity contribution >= 4 is 22.1 Å². The summed E-state index contributed by atoms with van der Waals surface area (Å²) in [6.07, 6.45) is 31.5. The van der Waals surface area contributed by atoms with Crippen molar-refractivity contribution in [3.8, 4) is 0 Å². The fraction of sp³-hybridized carbons (Fsp3) is 0.778. The summed E-state index contributed by atoms with van der Waals surface area (Å²) >= 11 is 0. The number of allylic oxidation sites excluding steroid dienone is 8. The molecule has 0 saturated carbocycles. The summed E-state index contributed by atoms with van der Waals surface area (Å²) in [4.78, 5) is 25.4.